The number of sulfone groups is 1. The number of nitrogens with one attached hydrogen (secondary N) is 1. The second kappa shape index (κ2) is 10.4. The van der Waals surface area contributed by atoms with Gasteiger partial charge < -0.3 is 5.32 Å². The van der Waals surface area contributed by atoms with Crippen LogP contribution < -0.4 is 10.5 Å². The highest BCUT2D eigenvalue weighted by Gasteiger charge is 2.56. The Kier molecular flexibility index (Phi) is 7.62. The van der Waals surface area contributed by atoms with Crippen molar-refractivity contribution in [2.24, 2.45) is 10.2 Å². The van der Waals surface area contributed by atoms with Crippen LogP contribution in [0.5, 0.6) is 0 Å². The molecule has 9 nitrogen and oxygen atoms in total. The van der Waals surface area contributed by atoms with Crippen LogP contribution in [0.25, 0.3) is 0 Å². The summed E-state index contributed by atoms with van der Waals surface area (Å²) in [5, 5.41) is 13.3. The molecule has 0 bridgehead atoms. The number of carbonyl (C=O) groups excluding carboxylic acids is 1. The molecule has 3 aromatic rings. The number of sulfonamides is 1. The molecule has 200 valence electrons. The first kappa shape index (κ1) is 27.7. The van der Waals surface area contributed by atoms with Crippen LogP contribution in [0.3, 0.4) is 0 Å². The number of hydrogen-bond acceptors (Lipinski definition) is 6. The van der Waals surface area contributed by atoms with E-state index < -0.39 is 54.8 Å². The minimum absolute atomic E-state index is 0.00657. The van der Waals surface area contributed by atoms with Crippen molar-refractivity contribution in [1.82, 2.24) is 10.3 Å². The molecule has 4 rings (SSSR count). The van der Waals surface area contributed by atoms with Crippen LogP contribution in [0, 0.1) is 5.82 Å². The van der Waals surface area contributed by atoms with Crippen LogP contribution in [-0.4, -0.2) is 51.9 Å². The second-order valence-corrected chi connectivity index (χ2v) is 13.1. The largest absolute Gasteiger partial charge is 0.338 e. The number of amides is 2. The molecule has 2 atom stereocenters. The fourth-order valence-electron chi connectivity index (χ4n) is 4.33. The summed E-state index contributed by atoms with van der Waals surface area (Å²) in [6, 6.07) is 17.2. The number of urea groups is 1. The van der Waals surface area contributed by atoms with Crippen LogP contribution in [0.4, 0.5) is 9.18 Å². The van der Waals surface area contributed by atoms with Crippen molar-refractivity contribution in [2.45, 2.75) is 22.6 Å². The van der Waals surface area contributed by atoms with E-state index in [9.17, 15) is 26.0 Å². The Morgan fingerprint density at radius 3 is 2.24 bits per heavy atom. The topological polar surface area (TPSA) is 139 Å². The molecule has 0 radical (unpaired) electrons. The summed E-state index contributed by atoms with van der Waals surface area (Å²) in [4.78, 5) is 13.1. The van der Waals surface area contributed by atoms with Gasteiger partial charge >= 0.3 is 6.03 Å². The van der Waals surface area contributed by atoms with Gasteiger partial charge in [-0.3, -0.25) is 0 Å². The minimum atomic E-state index is -4.32. The molecule has 0 saturated carbocycles. The minimum Gasteiger partial charge on any atom is -0.333 e. The van der Waals surface area contributed by atoms with Crippen molar-refractivity contribution >= 4 is 43.2 Å². The van der Waals surface area contributed by atoms with E-state index in [2.05, 4.69) is 10.4 Å². The van der Waals surface area contributed by atoms with Gasteiger partial charge in [0.1, 0.15) is 5.82 Å². The molecule has 2 unspecified atom stereocenters. The third kappa shape index (κ3) is 5.44. The van der Waals surface area contributed by atoms with E-state index in [0.29, 0.717) is 10.6 Å². The van der Waals surface area contributed by atoms with E-state index in [0.717, 1.165) is 5.01 Å². The molecule has 0 aliphatic carbocycles. The number of hydrogen-bond donors (Lipinski definition) is 2. The quantitative estimate of drug-likeness (QED) is 0.443. The summed E-state index contributed by atoms with van der Waals surface area (Å²) < 4.78 is 63.7. The third-order valence-electron chi connectivity index (χ3n) is 6.00. The van der Waals surface area contributed by atoms with Crippen molar-refractivity contribution < 1.29 is 26.0 Å². The molecule has 3 aromatic carbocycles. The highest BCUT2D eigenvalue weighted by Crippen LogP contribution is 2.43. The molecular formula is C25H24ClFN4O5S2. The van der Waals surface area contributed by atoms with Gasteiger partial charge in [-0.1, -0.05) is 54.1 Å². The summed E-state index contributed by atoms with van der Waals surface area (Å²) in [6.45, 7) is 1.00. The van der Waals surface area contributed by atoms with Gasteiger partial charge in [0, 0.05) is 16.6 Å². The fourth-order valence-corrected chi connectivity index (χ4v) is 7.29. The zero-order valence-corrected chi connectivity index (χ0v) is 22.5. The zero-order chi connectivity index (χ0) is 27.7. The average Bonchev–Trinajstić information content (AvgIpc) is 3.27. The fraction of sp³-hybridized carbons (Fsp3) is 0.200. The molecule has 0 spiro atoms. The Morgan fingerprint density at radius 2 is 1.66 bits per heavy atom. The lowest BCUT2D eigenvalue weighted by molar-refractivity contribution is 0.200. The summed E-state index contributed by atoms with van der Waals surface area (Å²) in [5.74, 6) is -1.07. The molecule has 1 heterocycles. The Labute approximate surface area is 225 Å². The van der Waals surface area contributed by atoms with Gasteiger partial charge in [-0.2, -0.15) is 5.10 Å². The molecule has 13 heteroatoms. The van der Waals surface area contributed by atoms with Gasteiger partial charge in [0.05, 0.1) is 22.9 Å². The number of rotatable bonds is 7. The van der Waals surface area contributed by atoms with Crippen molar-refractivity contribution in [3.05, 3.63) is 101 Å². The first-order valence-corrected chi connectivity index (χ1v) is 14.9. The Balaban J connectivity index is 1.91. The molecule has 1 aliphatic heterocycles. The van der Waals surface area contributed by atoms with Crippen molar-refractivity contribution in [3.63, 3.8) is 0 Å². The normalized spacial score (nSPS) is 18.6. The Morgan fingerprint density at radius 1 is 1.05 bits per heavy atom. The van der Waals surface area contributed by atoms with Gasteiger partial charge in [-0.05, 0) is 48.9 Å². The lowest BCUT2D eigenvalue weighted by Crippen LogP contribution is -2.49. The highest BCUT2D eigenvalue weighted by molar-refractivity contribution is 7.93. The number of primary sulfonamides is 1. The predicted octanol–water partition coefficient (Wildman–Crippen LogP) is 3.25. The van der Waals surface area contributed by atoms with E-state index in [1.54, 1.807) is 30.3 Å². The molecule has 1 aliphatic rings. The first-order valence-electron chi connectivity index (χ1n) is 11.3. The van der Waals surface area contributed by atoms with Gasteiger partial charge in [0.2, 0.25) is 10.0 Å². The first-order chi connectivity index (χ1) is 17.8. The lowest BCUT2D eigenvalue weighted by atomic mass is 9.89. The maximum Gasteiger partial charge on any atom is 0.338 e. The number of nitrogens with zero attached hydrogens (tertiary/aromatic N) is 2. The van der Waals surface area contributed by atoms with Gasteiger partial charge in [0.25, 0.3) is 0 Å². The van der Waals surface area contributed by atoms with Gasteiger partial charge in [-0.15, -0.1) is 0 Å². The molecule has 2 amide bonds. The van der Waals surface area contributed by atoms with Crippen LogP contribution >= 0.6 is 11.6 Å². The van der Waals surface area contributed by atoms with Crippen molar-refractivity contribution in [1.29, 1.82) is 0 Å². The van der Waals surface area contributed by atoms with Crippen molar-refractivity contribution in [2.75, 3.05) is 12.3 Å². The number of carbonyl (C=O) groups is 1. The Hall–Kier alpha value is -3.32. The molecule has 3 N–H and O–H groups in total. The Bertz CT molecular complexity index is 1580. The molecule has 0 saturated heterocycles. The van der Waals surface area contributed by atoms with Gasteiger partial charge in [-0.25, -0.2) is 36.2 Å². The van der Waals surface area contributed by atoms with E-state index in [1.807, 2.05) is 0 Å². The van der Waals surface area contributed by atoms with Crippen LogP contribution in [0.1, 0.15) is 18.1 Å². The highest BCUT2D eigenvalue weighted by atomic mass is 35.5. The number of halogens is 2. The van der Waals surface area contributed by atoms with E-state index in [4.69, 9.17) is 16.7 Å². The summed E-state index contributed by atoms with van der Waals surface area (Å²) >= 11 is 6.00. The number of nitrogens with two attached hydrogens (primary N) is 1. The number of benzene rings is 3. The van der Waals surface area contributed by atoms with Crippen LogP contribution in [0.15, 0.2) is 88.9 Å². The van der Waals surface area contributed by atoms with E-state index in [-0.39, 0.29) is 16.2 Å². The van der Waals surface area contributed by atoms with E-state index in [1.165, 1.54) is 55.5 Å². The summed E-state index contributed by atoms with van der Waals surface area (Å²) in [6.07, 6.45) is 0. The molecule has 38 heavy (non-hydrogen) atoms. The lowest BCUT2D eigenvalue weighted by Gasteiger charge is -2.31. The maximum absolute atomic E-state index is 14.4. The van der Waals surface area contributed by atoms with E-state index >= 15 is 0 Å². The van der Waals surface area contributed by atoms with Crippen LogP contribution in [0.2, 0.25) is 5.02 Å². The summed E-state index contributed by atoms with van der Waals surface area (Å²) in [5.41, 5.74) is 0.597. The monoisotopic (exact) mass is 578 g/mol. The zero-order valence-electron chi connectivity index (χ0n) is 20.1. The molecular weight excluding hydrogens is 555 g/mol. The van der Waals surface area contributed by atoms with Gasteiger partial charge in [0.15, 0.2) is 14.6 Å². The molecule has 0 aromatic heterocycles. The molecule has 0 fully saturated rings. The van der Waals surface area contributed by atoms with Crippen molar-refractivity contribution in [3.8, 4) is 0 Å². The predicted molar refractivity (Wildman–Crippen MR) is 142 cm³/mol. The number of hydrazone groups is 1. The average molecular weight is 579 g/mol. The van der Waals surface area contributed by atoms with Crippen LogP contribution in [-0.2, 0) is 24.6 Å². The second-order valence-electron chi connectivity index (χ2n) is 8.84. The standard InChI is InChI=1S/C25H24ClFN4O5S2/c1-17(15-37(28,33)34)29-24(32)31-16-25(19-5-3-2-4-6-19,23(30-31)18-7-11-21(27)12-8-18)38(35,36)22-13-9-20(26)10-14-22/h2-14,17H,15-16H2,1H3,(H,29,32)(H2,28,33,34). The third-order valence-corrected chi connectivity index (χ3v) is 9.59. The summed E-state index contributed by atoms with van der Waals surface area (Å²) in [7, 11) is -8.21. The SMILES string of the molecule is CC(CS(N)(=O)=O)NC(=O)N1CC(c2ccccc2)(S(=O)(=O)c2ccc(Cl)cc2)C(c2ccc(F)cc2)=N1. The maximum atomic E-state index is 14.4. The smallest absolute Gasteiger partial charge is 0.333 e.